The van der Waals surface area contributed by atoms with E-state index in [1.54, 1.807) is 11.3 Å². The number of hydrogen-bond donors (Lipinski definition) is 1. The van der Waals surface area contributed by atoms with E-state index >= 15 is 0 Å². The quantitative estimate of drug-likeness (QED) is 0.881. The minimum Gasteiger partial charge on any atom is -0.351 e. The highest BCUT2D eigenvalue weighted by molar-refractivity contribution is 7.15. The fourth-order valence-corrected chi connectivity index (χ4v) is 3.49. The van der Waals surface area contributed by atoms with Crippen molar-refractivity contribution in [3.05, 3.63) is 10.6 Å². The maximum Gasteiger partial charge on any atom is 0.185 e. The van der Waals surface area contributed by atoms with Crippen LogP contribution in [0.4, 0.5) is 5.13 Å². The SMILES string of the molecule is CN(CC(C)(C)C)c1nc2c(s1)C(N)CCC2. The summed E-state index contributed by atoms with van der Waals surface area (Å²) in [6.07, 6.45) is 3.39. The van der Waals surface area contributed by atoms with Gasteiger partial charge in [-0.25, -0.2) is 4.98 Å². The molecular formula is C13H23N3S. The number of nitrogens with zero attached hydrogens (tertiary/aromatic N) is 2. The standard InChI is InChI=1S/C13H23N3S/c1-13(2,3)8-16(4)12-15-10-7-5-6-9(14)11(10)17-12/h9H,5-8,14H2,1-4H3. The normalized spacial score (nSPS) is 20.2. The maximum absolute atomic E-state index is 6.14. The molecule has 3 nitrogen and oxygen atoms in total. The molecular weight excluding hydrogens is 230 g/mol. The Labute approximate surface area is 108 Å². The first kappa shape index (κ1) is 12.8. The lowest BCUT2D eigenvalue weighted by Crippen LogP contribution is -2.28. The fraction of sp³-hybridized carbons (Fsp3) is 0.769. The van der Waals surface area contributed by atoms with E-state index in [1.807, 2.05) is 0 Å². The van der Waals surface area contributed by atoms with Crippen LogP contribution >= 0.6 is 11.3 Å². The smallest absolute Gasteiger partial charge is 0.185 e. The van der Waals surface area contributed by atoms with Crippen molar-refractivity contribution in [1.29, 1.82) is 0 Å². The van der Waals surface area contributed by atoms with Gasteiger partial charge in [0.05, 0.1) is 5.69 Å². The van der Waals surface area contributed by atoms with Crippen molar-refractivity contribution in [2.75, 3.05) is 18.5 Å². The topological polar surface area (TPSA) is 42.2 Å². The van der Waals surface area contributed by atoms with Crippen molar-refractivity contribution >= 4 is 16.5 Å². The molecule has 96 valence electrons. The van der Waals surface area contributed by atoms with E-state index in [1.165, 1.54) is 17.0 Å². The van der Waals surface area contributed by atoms with Gasteiger partial charge < -0.3 is 10.6 Å². The molecule has 0 radical (unpaired) electrons. The monoisotopic (exact) mass is 253 g/mol. The highest BCUT2D eigenvalue weighted by Crippen LogP contribution is 2.36. The van der Waals surface area contributed by atoms with Gasteiger partial charge in [0.25, 0.3) is 0 Å². The molecule has 0 saturated carbocycles. The molecule has 1 unspecified atom stereocenters. The van der Waals surface area contributed by atoms with Crippen LogP contribution in [0, 0.1) is 5.41 Å². The van der Waals surface area contributed by atoms with Crippen molar-refractivity contribution < 1.29 is 0 Å². The van der Waals surface area contributed by atoms with Crippen LogP contribution in [0.3, 0.4) is 0 Å². The van der Waals surface area contributed by atoms with Crippen molar-refractivity contribution in [2.45, 2.75) is 46.1 Å². The summed E-state index contributed by atoms with van der Waals surface area (Å²) in [4.78, 5) is 8.32. The Bertz CT molecular complexity index is 392. The van der Waals surface area contributed by atoms with Gasteiger partial charge in [-0.05, 0) is 24.7 Å². The molecule has 1 aliphatic carbocycles. The largest absolute Gasteiger partial charge is 0.351 e. The number of hydrogen-bond acceptors (Lipinski definition) is 4. The first-order valence-corrected chi connectivity index (χ1v) is 7.15. The van der Waals surface area contributed by atoms with Crippen molar-refractivity contribution in [3.8, 4) is 0 Å². The number of nitrogens with two attached hydrogens (primary N) is 1. The predicted molar refractivity (Wildman–Crippen MR) is 74.7 cm³/mol. The van der Waals surface area contributed by atoms with Gasteiger partial charge in [-0.2, -0.15) is 0 Å². The molecule has 1 heterocycles. The van der Waals surface area contributed by atoms with Gasteiger partial charge in [-0.3, -0.25) is 0 Å². The van der Waals surface area contributed by atoms with E-state index in [4.69, 9.17) is 10.7 Å². The molecule has 0 aliphatic heterocycles. The number of aromatic nitrogens is 1. The predicted octanol–water partition coefficient (Wildman–Crippen LogP) is 2.96. The molecule has 4 heteroatoms. The van der Waals surface area contributed by atoms with Crippen LogP contribution in [0.1, 0.15) is 50.2 Å². The second kappa shape index (κ2) is 4.58. The van der Waals surface area contributed by atoms with Crippen LogP contribution in [-0.4, -0.2) is 18.6 Å². The zero-order chi connectivity index (χ0) is 12.6. The second-order valence-corrected chi connectivity index (χ2v) is 7.23. The van der Waals surface area contributed by atoms with Gasteiger partial charge >= 0.3 is 0 Å². The van der Waals surface area contributed by atoms with Crippen LogP contribution in [0.5, 0.6) is 0 Å². The van der Waals surface area contributed by atoms with Gasteiger partial charge in [0.15, 0.2) is 5.13 Å². The van der Waals surface area contributed by atoms with Gasteiger partial charge in [-0.1, -0.05) is 20.8 Å². The van der Waals surface area contributed by atoms with Gasteiger partial charge in [0.2, 0.25) is 0 Å². The van der Waals surface area contributed by atoms with E-state index < -0.39 is 0 Å². The number of thiazole rings is 1. The summed E-state index contributed by atoms with van der Waals surface area (Å²) in [5, 5.41) is 1.13. The zero-order valence-electron chi connectivity index (χ0n) is 11.3. The summed E-state index contributed by atoms with van der Waals surface area (Å²) < 4.78 is 0. The lowest BCUT2D eigenvalue weighted by molar-refractivity contribution is 0.418. The minimum absolute atomic E-state index is 0.216. The first-order chi connectivity index (χ1) is 7.87. The molecule has 0 spiro atoms. The maximum atomic E-state index is 6.14. The third-order valence-corrected chi connectivity index (χ3v) is 4.36. The molecule has 0 saturated heterocycles. The average Bonchev–Trinajstić information content (AvgIpc) is 2.60. The molecule has 0 fully saturated rings. The van der Waals surface area contributed by atoms with Crippen molar-refractivity contribution in [3.63, 3.8) is 0 Å². The van der Waals surface area contributed by atoms with Crippen molar-refractivity contribution in [1.82, 2.24) is 4.98 Å². The Morgan fingerprint density at radius 2 is 2.18 bits per heavy atom. The molecule has 2 N–H and O–H groups in total. The highest BCUT2D eigenvalue weighted by Gasteiger charge is 2.24. The van der Waals surface area contributed by atoms with Gasteiger partial charge in [0, 0.05) is 24.5 Å². The van der Waals surface area contributed by atoms with Crippen LogP contribution < -0.4 is 10.6 Å². The van der Waals surface area contributed by atoms with E-state index in [9.17, 15) is 0 Å². The Morgan fingerprint density at radius 3 is 2.76 bits per heavy atom. The second-order valence-electron chi connectivity index (χ2n) is 6.22. The zero-order valence-corrected chi connectivity index (χ0v) is 12.1. The van der Waals surface area contributed by atoms with E-state index in [2.05, 4.69) is 32.7 Å². The molecule has 1 aliphatic rings. The molecule has 1 aromatic heterocycles. The fourth-order valence-electron chi connectivity index (χ4n) is 2.38. The van der Waals surface area contributed by atoms with Crippen molar-refractivity contribution in [2.24, 2.45) is 11.1 Å². The molecule has 1 aromatic rings. The van der Waals surface area contributed by atoms with Gasteiger partial charge in [0.1, 0.15) is 0 Å². The van der Waals surface area contributed by atoms with E-state index in [-0.39, 0.29) is 6.04 Å². The van der Waals surface area contributed by atoms with Crippen LogP contribution in [-0.2, 0) is 6.42 Å². The molecule has 1 atom stereocenters. The van der Waals surface area contributed by atoms with E-state index in [0.717, 1.165) is 24.5 Å². The lowest BCUT2D eigenvalue weighted by Gasteiger charge is -2.26. The summed E-state index contributed by atoms with van der Waals surface area (Å²) in [6.45, 7) is 7.78. The van der Waals surface area contributed by atoms with Crippen LogP contribution in [0.2, 0.25) is 0 Å². The molecule has 2 rings (SSSR count). The molecule has 0 bridgehead atoms. The summed E-state index contributed by atoms with van der Waals surface area (Å²) in [7, 11) is 2.13. The molecule has 17 heavy (non-hydrogen) atoms. The Balaban J connectivity index is 2.17. The minimum atomic E-state index is 0.216. The number of fused-ring (bicyclic) bond motifs is 1. The summed E-state index contributed by atoms with van der Waals surface area (Å²) >= 11 is 1.78. The first-order valence-electron chi connectivity index (χ1n) is 6.33. The summed E-state index contributed by atoms with van der Waals surface area (Å²) in [5.41, 5.74) is 7.67. The van der Waals surface area contributed by atoms with E-state index in [0.29, 0.717) is 5.41 Å². The van der Waals surface area contributed by atoms with Gasteiger partial charge in [-0.15, -0.1) is 11.3 Å². The summed E-state index contributed by atoms with van der Waals surface area (Å²) in [5.74, 6) is 0. The highest BCUT2D eigenvalue weighted by atomic mass is 32.1. The molecule has 0 aromatic carbocycles. The number of anilines is 1. The molecule has 0 amide bonds. The van der Waals surface area contributed by atoms with Crippen LogP contribution in [0.25, 0.3) is 0 Å². The third-order valence-electron chi connectivity index (χ3n) is 3.02. The Morgan fingerprint density at radius 1 is 1.47 bits per heavy atom. The average molecular weight is 253 g/mol. The Kier molecular flexibility index (Phi) is 3.46. The number of rotatable bonds is 2. The Hall–Kier alpha value is -0.610. The third kappa shape index (κ3) is 2.99. The van der Waals surface area contributed by atoms with Crippen LogP contribution in [0.15, 0.2) is 0 Å². The summed E-state index contributed by atoms with van der Waals surface area (Å²) in [6, 6.07) is 0.216. The number of aryl methyl sites for hydroxylation is 1. The lowest BCUT2D eigenvalue weighted by atomic mass is 9.96.